The molecule has 0 spiro atoms. The van der Waals surface area contributed by atoms with Gasteiger partial charge in [0.2, 0.25) is 5.91 Å². The van der Waals surface area contributed by atoms with Gasteiger partial charge in [0.15, 0.2) is 5.16 Å². The van der Waals surface area contributed by atoms with E-state index in [2.05, 4.69) is 35.4 Å². The van der Waals surface area contributed by atoms with Gasteiger partial charge in [-0.2, -0.15) is 0 Å². The number of para-hydroxylation sites is 1. The number of rotatable bonds is 12. The van der Waals surface area contributed by atoms with E-state index < -0.39 is 0 Å². The molecule has 0 fully saturated rings. The van der Waals surface area contributed by atoms with E-state index in [1.54, 1.807) is 6.33 Å². The number of hydrogen-bond donors (Lipinski definition) is 1. The summed E-state index contributed by atoms with van der Waals surface area (Å²) < 4.78 is 7.43. The first-order chi connectivity index (χ1) is 12.8. The molecule has 26 heavy (non-hydrogen) atoms. The molecule has 1 aromatic carbocycles. The van der Waals surface area contributed by atoms with Crippen molar-refractivity contribution in [2.24, 2.45) is 0 Å². The van der Waals surface area contributed by atoms with Gasteiger partial charge in [-0.25, -0.2) is 0 Å². The van der Waals surface area contributed by atoms with Crippen LogP contribution in [0.25, 0.3) is 5.69 Å². The third-order valence-electron chi connectivity index (χ3n) is 3.91. The lowest BCUT2D eigenvalue weighted by atomic mass is 10.1. The van der Waals surface area contributed by atoms with E-state index in [9.17, 15) is 4.79 Å². The van der Waals surface area contributed by atoms with Gasteiger partial charge >= 0.3 is 0 Å². The first kappa shape index (κ1) is 20.5. The number of aromatic nitrogens is 3. The molecule has 0 aliphatic carbocycles. The van der Waals surface area contributed by atoms with Crippen LogP contribution in [-0.2, 0) is 16.0 Å². The summed E-state index contributed by atoms with van der Waals surface area (Å²) in [5.74, 6) is 0.325. The molecule has 2 aromatic rings. The molecular weight excluding hydrogens is 348 g/mol. The van der Waals surface area contributed by atoms with Crippen LogP contribution in [0.2, 0.25) is 0 Å². The van der Waals surface area contributed by atoms with Crippen molar-refractivity contribution in [2.75, 3.05) is 25.5 Å². The van der Waals surface area contributed by atoms with Crippen molar-refractivity contribution in [3.63, 3.8) is 0 Å². The minimum absolute atomic E-state index is 0.00175. The number of carbonyl (C=O) groups excluding carboxylic acids is 1. The zero-order valence-corrected chi connectivity index (χ0v) is 16.4. The maximum absolute atomic E-state index is 12.0. The fourth-order valence-electron chi connectivity index (χ4n) is 2.46. The van der Waals surface area contributed by atoms with Crippen molar-refractivity contribution in [2.45, 2.75) is 44.7 Å². The van der Waals surface area contributed by atoms with Gasteiger partial charge in [0, 0.05) is 19.8 Å². The van der Waals surface area contributed by atoms with Crippen LogP contribution in [0.4, 0.5) is 0 Å². The Bertz CT molecular complexity index is 675. The second-order valence-corrected chi connectivity index (χ2v) is 6.87. The van der Waals surface area contributed by atoms with E-state index in [4.69, 9.17) is 4.74 Å². The van der Waals surface area contributed by atoms with Crippen LogP contribution in [0.3, 0.4) is 0 Å². The van der Waals surface area contributed by atoms with Gasteiger partial charge in [-0.3, -0.25) is 9.36 Å². The highest BCUT2D eigenvalue weighted by molar-refractivity contribution is 7.99. The van der Waals surface area contributed by atoms with Crippen molar-refractivity contribution in [3.05, 3.63) is 36.2 Å². The first-order valence-electron chi connectivity index (χ1n) is 9.21. The van der Waals surface area contributed by atoms with E-state index in [1.807, 2.05) is 22.8 Å². The predicted molar refractivity (Wildman–Crippen MR) is 105 cm³/mol. The molecule has 0 saturated heterocycles. The highest BCUT2D eigenvalue weighted by Gasteiger charge is 2.11. The topological polar surface area (TPSA) is 69.0 Å². The first-order valence-corrected chi connectivity index (χ1v) is 10.2. The van der Waals surface area contributed by atoms with Crippen LogP contribution in [0, 0.1) is 0 Å². The van der Waals surface area contributed by atoms with Crippen LogP contribution >= 0.6 is 11.8 Å². The average Bonchev–Trinajstić information content (AvgIpc) is 3.14. The summed E-state index contributed by atoms with van der Waals surface area (Å²) in [7, 11) is 0. The van der Waals surface area contributed by atoms with Gasteiger partial charge in [-0.05, 0) is 30.9 Å². The van der Waals surface area contributed by atoms with Gasteiger partial charge in [0.1, 0.15) is 6.33 Å². The lowest BCUT2D eigenvalue weighted by molar-refractivity contribution is -0.118. The van der Waals surface area contributed by atoms with Crippen LogP contribution in [-0.4, -0.2) is 46.2 Å². The van der Waals surface area contributed by atoms with Crippen molar-refractivity contribution < 1.29 is 9.53 Å². The second kappa shape index (κ2) is 11.7. The van der Waals surface area contributed by atoms with Crippen molar-refractivity contribution >= 4 is 17.7 Å². The molecule has 0 aliphatic heterocycles. The number of ether oxygens (including phenoxy) is 1. The molecule has 2 rings (SSSR count). The molecular formula is C19H28N4O2S. The second-order valence-electron chi connectivity index (χ2n) is 5.92. The summed E-state index contributed by atoms with van der Waals surface area (Å²) in [4.78, 5) is 12.0. The molecule has 0 aliphatic rings. The van der Waals surface area contributed by atoms with Crippen molar-refractivity contribution in [1.29, 1.82) is 0 Å². The molecule has 0 saturated carbocycles. The number of carbonyl (C=O) groups is 1. The maximum atomic E-state index is 12.0. The number of thioether (sulfide) groups is 1. The summed E-state index contributed by atoms with van der Waals surface area (Å²) in [5.41, 5.74) is 2.29. The molecule has 6 nitrogen and oxygen atoms in total. The highest BCUT2D eigenvalue weighted by Crippen LogP contribution is 2.22. The van der Waals surface area contributed by atoms with E-state index in [-0.39, 0.29) is 5.91 Å². The normalized spacial score (nSPS) is 10.8. The van der Waals surface area contributed by atoms with Crippen LogP contribution in [0.5, 0.6) is 0 Å². The smallest absolute Gasteiger partial charge is 0.230 e. The predicted octanol–water partition coefficient (Wildman–Crippen LogP) is 3.24. The summed E-state index contributed by atoms with van der Waals surface area (Å²) in [6, 6.07) is 8.17. The standard InChI is InChI=1S/C19H28N4O2S/c1-3-5-12-25-13-8-11-20-18(24)14-26-19-22-21-15-23(19)17-10-7-6-9-16(17)4-2/h6-7,9-10,15H,3-5,8,11-14H2,1-2H3,(H,20,24). The minimum Gasteiger partial charge on any atom is -0.381 e. The van der Waals surface area contributed by atoms with Crippen LogP contribution in [0.15, 0.2) is 35.7 Å². The largest absolute Gasteiger partial charge is 0.381 e. The Morgan fingerprint density at radius 1 is 1.23 bits per heavy atom. The Balaban J connectivity index is 1.76. The Morgan fingerprint density at radius 2 is 2.04 bits per heavy atom. The van der Waals surface area contributed by atoms with Gasteiger partial charge in [-0.1, -0.05) is 50.2 Å². The van der Waals surface area contributed by atoms with Crippen molar-refractivity contribution in [1.82, 2.24) is 20.1 Å². The minimum atomic E-state index is 0.00175. The number of amides is 1. The fourth-order valence-corrected chi connectivity index (χ4v) is 3.22. The molecule has 7 heteroatoms. The van der Waals surface area contributed by atoms with E-state index >= 15 is 0 Å². The SMILES string of the molecule is CCCCOCCCNC(=O)CSc1nncn1-c1ccccc1CC. The molecule has 1 heterocycles. The lowest BCUT2D eigenvalue weighted by Crippen LogP contribution is -2.27. The summed E-state index contributed by atoms with van der Waals surface area (Å²) >= 11 is 1.40. The molecule has 0 atom stereocenters. The Hall–Kier alpha value is -1.86. The third kappa shape index (κ3) is 6.46. The van der Waals surface area contributed by atoms with E-state index in [1.165, 1.54) is 17.3 Å². The molecule has 1 amide bonds. The van der Waals surface area contributed by atoms with Gasteiger partial charge in [-0.15, -0.1) is 10.2 Å². The molecule has 0 radical (unpaired) electrons. The number of unbranched alkanes of at least 4 members (excludes halogenated alkanes) is 1. The number of aryl methyl sites for hydroxylation is 1. The van der Waals surface area contributed by atoms with E-state index in [0.29, 0.717) is 18.9 Å². The van der Waals surface area contributed by atoms with Gasteiger partial charge in [0.25, 0.3) is 0 Å². The number of hydrogen-bond acceptors (Lipinski definition) is 5. The average molecular weight is 377 g/mol. The van der Waals surface area contributed by atoms with Gasteiger partial charge in [0.05, 0.1) is 11.4 Å². The summed E-state index contributed by atoms with van der Waals surface area (Å²) in [6.07, 6.45) is 5.69. The summed E-state index contributed by atoms with van der Waals surface area (Å²) in [5, 5.41) is 11.8. The van der Waals surface area contributed by atoms with Crippen molar-refractivity contribution in [3.8, 4) is 5.69 Å². The molecule has 0 bridgehead atoms. The third-order valence-corrected chi connectivity index (χ3v) is 4.85. The summed E-state index contributed by atoms with van der Waals surface area (Å²) in [6.45, 7) is 6.39. The Kier molecular flexibility index (Phi) is 9.20. The fraction of sp³-hybridized carbons (Fsp3) is 0.526. The zero-order valence-electron chi connectivity index (χ0n) is 15.6. The molecule has 0 unspecified atom stereocenters. The quantitative estimate of drug-likeness (QED) is 0.455. The monoisotopic (exact) mass is 376 g/mol. The molecule has 142 valence electrons. The van der Waals surface area contributed by atoms with Crippen LogP contribution in [0.1, 0.15) is 38.7 Å². The number of benzene rings is 1. The molecule has 1 N–H and O–H groups in total. The van der Waals surface area contributed by atoms with Crippen LogP contribution < -0.4 is 5.32 Å². The maximum Gasteiger partial charge on any atom is 0.230 e. The van der Waals surface area contributed by atoms with E-state index in [0.717, 1.165) is 43.1 Å². The molecule has 1 aromatic heterocycles. The van der Waals surface area contributed by atoms with Gasteiger partial charge < -0.3 is 10.1 Å². The number of nitrogens with zero attached hydrogens (tertiary/aromatic N) is 3. The Morgan fingerprint density at radius 3 is 2.85 bits per heavy atom. The lowest BCUT2D eigenvalue weighted by Gasteiger charge is -2.10. The number of nitrogens with one attached hydrogen (secondary N) is 1. The Labute approximate surface area is 159 Å². The zero-order chi connectivity index (χ0) is 18.6. The highest BCUT2D eigenvalue weighted by atomic mass is 32.2.